The van der Waals surface area contributed by atoms with Crippen LogP contribution in [0.1, 0.15) is 5.56 Å². The number of halogens is 1. The first-order valence-corrected chi connectivity index (χ1v) is 9.36. The van der Waals surface area contributed by atoms with Gasteiger partial charge in [0.1, 0.15) is 23.9 Å². The molecule has 144 valence electrons. The van der Waals surface area contributed by atoms with Crippen LogP contribution in [0.5, 0.6) is 11.5 Å². The standard InChI is InChI=1S/C20H24FN3O2S/c1-25-17-6-7-18(19(13-17)26-2)22-20(27)24-10-8-23(9-11-24)14-15-4-3-5-16(21)12-15/h3-7,12-13H,8-11,14H2,1-2H3,(H,22,27)/p+1. The predicted molar refractivity (Wildman–Crippen MR) is 108 cm³/mol. The molecule has 2 N–H and O–H groups in total. The Hall–Kier alpha value is -2.38. The normalized spacial score (nSPS) is 14.7. The first-order valence-electron chi connectivity index (χ1n) is 8.95. The van der Waals surface area contributed by atoms with Crippen LogP contribution in [0.4, 0.5) is 10.1 Å². The van der Waals surface area contributed by atoms with Crippen molar-refractivity contribution in [3.63, 3.8) is 0 Å². The van der Waals surface area contributed by atoms with E-state index >= 15 is 0 Å². The fraction of sp³-hybridized carbons (Fsp3) is 0.350. The highest BCUT2D eigenvalue weighted by atomic mass is 32.1. The highest BCUT2D eigenvalue weighted by Gasteiger charge is 2.22. The zero-order valence-corrected chi connectivity index (χ0v) is 16.4. The van der Waals surface area contributed by atoms with Crippen LogP contribution in [0.25, 0.3) is 0 Å². The van der Waals surface area contributed by atoms with Gasteiger partial charge < -0.3 is 24.6 Å². The number of hydrogen-bond acceptors (Lipinski definition) is 3. The largest absolute Gasteiger partial charge is 0.497 e. The third-order valence-corrected chi connectivity index (χ3v) is 5.11. The van der Waals surface area contributed by atoms with E-state index in [1.165, 1.54) is 11.0 Å². The van der Waals surface area contributed by atoms with Gasteiger partial charge in [-0.3, -0.25) is 0 Å². The summed E-state index contributed by atoms with van der Waals surface area (Å²) in [4.78, 5) is 3.59. The molecule has 2 aromatic rings. The van der Waals surface area contributed by atoms with Crippen molar-refractivity contribution in [1.82, 2.24) is 4.90 Å². The molecule has 0 spiro atoms. The number of hydrogen-bond donors (Lipinski definition) is 2. The van der Waals surface area contributed by atoms with Crippen molar-refractivity contribution in [3.8, 4) is 11.5 Å². The second-order valence-corrected chi connectivity index (χ2v) is 6.93. The highest BCUT2D eigenvalue weighted by molar-refractivity contribution is 7.80. The minimum atomic E-state index is -0.177. The number of methoxy groups -OCH3 is 2. The molecule has 7 heteroatoms. The maximum absolute atomic E-state index is 13.3. The van der Waals surface area contributed by atoms with Crippen molar-refractivity contribution < 1.29 is 18.8 Å². The number of quaternary nitrogens is 1. The SMILES string of the molecule is COc1ccc(NC(=S)N2CC[NH+](Cc3cccc(F)c3)CC2)c(OC)c1. The molecule has 1 fully saturated rings. The average molecular weight is 391 g/mol. The molecule has 1 aliphatic rings. The number of ether oxygens (including phenoxy) is 2. The van der Waals surface area contributed by atoms with E-state index in [1.54, 1.807) is 26.4 Å². The Morgan fingerprint density at radius 1 is 1.15 bits per heavy atom. The van der Waals surface area contributed by atoms with Gasteiger partial charge in [0.15, 0.2) is 5.11 Å². The smallest absolute Gasteiger partial charge is 0.173 e. The van der Waals surface area contributed by atoms with Gasteiger partial charge in [0, 0.05) is 11.6 Å². The van der Waals surface area contributed by atoms with Gasteiger partial charge in [-0.2, -0.15) is 0 Å². The summed E-state index contributed by atoms with van der Waals surface area (Å²) < 4.78 is 24.0. The van der Waals surface area contributed by atoms with Crippen LogP contribution in [-0.2, 0) is 6.54 Å². The van der Waals surface area contributed by atoms with Gasteiger partial charge in [-0.1, -0.05) is 12.1 Å². The fourth-order valence-corrected chi connectivity index (χ4v) is 3.53. The van der Waals surface area contributed by atoms with Gasteiger partial charge in [-0.05, 0) is 36.5 Å². The van der Waals surface area contributed by atoms with Gasteiger partial charge in [0.25, 0.3) is 0 Å². The average Bonchev–Trinajstić information content (AvgIpc) is 2.69. The van der Waals surface area contributed by atoms with Crippen LogP contribution in [0.3, 0.4) is 0 Å². The van der Waals surface area contributed by atoms with Crippen molar-refractivity contribution in [3.05, 3.63) is 53.8 Å². The first-order chi connectivity index (χ1) is 13.1. The lowest BCUT2D eigenvalue weighted by molar-refractivity contribution is -0.917. The number of nitrogens with zero attached hydrogens (tertiary/aromatic N) is 1. The van der Waals surface area contributed by atoms with E-state index in [9.17, 15) is 4.39 Å². The summed E-state index contributed by atoms with van der Waals surface area (Å²) in [6.45, 7) is 4.46. The van der Waals surface area contributed by atoms with Crippen LogP contribution in [-0.4, -0.2) is 50.4 Å². The number of nitrogens with one attached hydrogen (secondary N) is 2. The van der Waals surface area contributed by atoms with E-state index in [1.807, 2.05) is 24.3 Å². The van der Waals surface area contributed by atoms with Gasteiger partial charge in [0.05, 0.1) is 46.1 Å². The molecule has 3 rings (SSSR count). The summed E-state index contributed by atoms with van der Waals surface area (Å²) in [6.07, 6.45) is 0. The lowest BCUT2D eigenvalue weighted by Crippen LogP contribution is -3.13. The Morgan fingerprint density at radius 2 is 1.93 bits per heavy atom. The van der Waals surface area contributed by atoms with Crippen molar-refractivity contribution in [2.24, 2.45) is 0 Å². The van der Waals surface area contributed by atoms with E-state index in [0.717, 1.165) is 49.7 Å². The van der Waals surface area contributed by atoms with Crippen molar-refractivity contribution in [2.45, 2.75) is 6.54 Å². The Labute approximate surface area is 164 Å². The molecule has 0 bridgehead atoms. The zero-order chi connectivity index (χ0) is 19.2. The summed E-state index contributed by atoms with van der Waals surface area (Å²) in [5.74, 6) is 1.24. The maximum atomic E-state index is 13.3. The zero-order valence-electron chi connectivity index (χ0n) is 15.6. The van der Waals surface area contributed by atoms with Crippen LogP contribution >= 0.6 is 12.2 Å². The molecule has 0 radical (unpaired) electrons. The van der Waals surface area contributed by atoms with E-state index in [-0.39, 0.29) is 5.82 Å². The molecule has 0 atom stereocenters. The lowest BCUT2D eigenvalue weighted by Gasteiger charge is -2.34. The molecule has 2 aromatic carbocycles. The van der Waals surface area contributed by atoms with Gasteiger partial charge in [-0.15, -0.1) is 0 Å². The summed E-state index contributed by atoms with van der Waals surface area (Å²) in [5, 5.41) is 3.96. The van der Waals surface area contributed by atoms with E-state index in [0.29, 0.717) is 10.9 Å². The van der Waals surface area contributed by atoms with Gasteiger partial charge in [-0.25, -0.2) is 4.39 Å². The molecule has 1 aliphatic heterocycles. The minimum absolute atomic E-state index is 0.177. The molecule has 0 aliphatic carbocycles. The summed E-state index contributed by atoms with van der Waals surface area (Å²) >= 11 is 5.58. The summed E-state index contributed by atoms with van der Waals surface area (Å²) in [7, 11) is 3.25. The van der Waals surface area contributed by atoms with Crippen molar-refractivity contribution >= 4 is 23.0 Å². The molecular formula is C20H25FN3O2S+. The summed E-state index contributed by atoms with van der Waals surface area (Å²) in [5.41, 5.74) is 1.85. The molecule has 0 aromatic heterocycles. The Balaban J connectivity index is 1.54. The number of piperazine rings is 1. The molecular weight excluding hydrogens is 365 g/mol. The first kappa shape index (κ1) is 19.4. The lowest BCUT2D eigenvalue weighted by atomic mass is 10.2. The van der Waals surface area contributed by atoms with E-state index in [2.05, 4.69) is 10.2 Å². The third-order valence-electron chi connectivity index (χ3n) is 4.75. The molecule has 27 heavy (non-hydrogen) atoms. The Bertz CT molecular complexity index is 795. The maximum Gasteiger partial charge on any atom is 0.173 e. The number of anilines is 1. The van der Waals surface area contributed by atoms with Crippen LogP contribution in [0.2, 0.25) is 0 Å². The minimum Gasteiger partial charge on any atom is -0.497 e. The monoisotopic (exact) mass is 390 g/mol. The molecule has 0 unspecified atom stereocenters. The van der Waals surface area contributed by atoms with Gasteiger partial charge in [0.2, 0.25) is 0 Å². The predicted octanol–water partition coefficient (Wildman–Crippen LogP) is 1.94. The van der Waals surface area contributed by atoms with E-state index < -0.39 is 0 Å². The van der Waals surface area contributed by atoms with Crippen molar-refractivity contribution in [1.29, 1.82) is 0 Å². The molecule has 5 nitrogen and oxygen atoms in total. The highest BCUT2D eigenvalue weighted by Crippen LogP contribution is 2.29. The molecule has 0 saturated carbocycles. The second kappa shape index (κ2) is 9.01. The molecule has 1 heterocycles. The summed E-state index contributed by atoms with van der Waals surface area (Å²) in [6, 6.07) is 12.4. The van der Waals surface area contributed by atoms with Crippen LogP contribution in [0, 0.1) is 5.82 Å². The Kier molecular flexibility index (Phi) is 6.47. The Morgan fingerprint density at radius 3 is 2.59 bits per heavy atom. The number of thiocarbonyl (C=S) groups is 1. The quantitative estimate of drug-likeness (QED) is 0.764. The fourth-order valence-electron chi connectivity index (χ4n) is 3.23. The topological polar surface area (TPSA) is 38.2 Å². The van der Waals surface area contributed by atoms with Crippen LogP contribution in [0.15, 0.2) is 42.5 Å². The molecule has 1 saturated heterocycles. The number of rotatable bonds is 5. The molecule has 0 amide bonds. The second-order valence-electron chi connectivity index (χ2n) is 6.54. The third kappa shape index (κ3) is 5.08. The van der Waals surface area contributed by atoms with Gasteiger partial charge >= 0.3 is 0 Å². The van der Waals surface area contributed by atoms with E-state index in [4.69, 9.17) is 21.7 Å². The van der Waals surface area contributed by atoms with Crippen molar-refractivity contribution in [2.75, 3.05) is 45.7 Å². The number of benzene rings is 2. The van der Waals surface area contributed by atoms with Crippen LogP contribution < -0.4 is 19.7 Å².